The van der Waals surface area contributed by atoms with Crippen LogP contribution in [0.1, 0.15) is 11.3 Å². The molecule has 1 aromatic rings. The van der Waals surface area contributed by atoms with Crippen LogP contribution in [0.3, 0.4) is 0 Å². The summed E-state index contributed by atoms with van der Waals surface area (Å²) in [6.45, 7) is 0.0869. The second kappa shape index (κ2) is 6.27. The number of amides is 1. The van der Waals surface area contributed by atoms with E-state index in [-0.39, 0.29) is 6.54 Å². The predicted octanol–water partition coefficient (Wildman–Crippen LogP) is 2.04. The third-order valence-electron chi connectivity index (χ3n) is 5.62. The maximum Gasteiger partial charge on any atom is 0.357 e. The van der Waals surface area contributed by atoms with Gasteiger partial charge in [0.2, 0.25) is 5.91 Å². The van der Waals surface area contributed by atoms with E-state index in [1.165, 1.54) is 19.1 Å². The lowest BCUT2D eigenvalue weighted by Gasteiger charge is -2.33. The minimum absolute atomic E-state index is 0.0869. The highest BCUT2D eigenvalue weighted by molar-refractivity contribution is 7.54. The topological polar surface area (TPSA) is 102 Å². The van der Waals surface area contributed by atoms with E-state index in [1.54, 1.807) is 42.5 Å². The lowest BCUT2D eigenvalue weighted by Crippen LogP contribution is -2.39. The van der Waals surface area contributed by atoms with E-state index in [0.29, 0.717) is 5.56 Å². The number of fused-ring (bicyclic) bond motifs is 1. The molecule has 2 saturated heterocycles. The number of nitrogens with zero attached hydrogens (tertiary/aromatic N) is 1. The number of rotatable bonds is 6. The van der Waals surface area contributed by atoms with Gasteiger partial charge in [0.05, 0.1) is 18.6 Å². The quantitative estimate of drug-likeness (QED) is 0.583. The molecule has 144 valence electrons. The molecular weight excluding hydrogens is 373 g/mol. The molecule has 1 amide bonds. The standard InChI is InChI=1S/C18H20NO7P/c1-24-27(23,25-2)16(11-6-4-3-5-7-11)19-10-18-9-8-12(26-18)13(17(21)22)14(18)15(19)20/h3-9,12-14,16H,10H2,1-2H3,(H,21,22)/t12-,13-,14+,16?,18-/m0/s1. The maximum absolute atomic E-state index is 13.3. The van der Waals surface area contributed by atoms with Crippen molar-refractivity contribution < 1.29 is 33.0 Å². The van der Waals surface area contributed by atoms with Crippen molar-refractivity contribution in [1.29, 1.82) is 0 Å². The van der Waals surface area contributed by atoms with Crippen LogP contribution in [0, 0.1) is 11.8 Å². The zero-order chi connectivity index (χ0) is 19.4. The number of carbonyl (C=O) groups excluding carboxylic acids is 1. The number of carboxylic acids is 1. The zero-order valence-electron chi connectivity index (χ0n) is 14.8. The summed E-state index contributed by atoms with van der Waals surface area (Å²) in [5.74, 6) is -4.32. The number of likely N-dealkylation sites (tertiary alicyclic amines) is 1. The molecule has 1 aromatic carbocycles. The average molecular weight is 393 g/mol. The Kier molecular flexibility index (Phi) is 4.27. The Hall–Kier alpha value is -1.99. The molecule has 2 fully saturated rings. The molecule has 1 unspecified atom stereocenters. The first-order valence-corrected chi connectivity index (χ1v) is 10.1. The number of benzene rings is 1. The molecule has 1 spiro atoms. The van der Waals surface area contributed by atoms with Crippen LogP contribution >= 0.6 is 7.60 Å². The Morgan fingerprint density at radius 2 is 2.00 bits per heavy atom. The van der Waals surface area contributed by atoms with Crippen LogP contribution in [0.2, 0.25) is 0 Å². The molecular formula is C18H20NO7P. The van der Waals surface area contributed by atoms with Gasteiger partial charge in [-0.25, -0.2) is 0 Å². The highest BCUT2D eigenvalue weighted by Gasteiger charge is 2.68. The van der Waals surface area contributed by atoms with Crippen LogP contribution in [0.15, 0.2) is 42.5 Å². The van der Waals surface area contributed by atoms with E-state index < -0.39 is 48.8 Å². The molecule has 3 aliphatic heterocycles. The summed E-state index contributed by atoms with van der Waals surface area (Å²) in [7, 11) is -1.20. The summed E-state index contributed by atoms with van der Waals surface area (Å²) in [6.07, 6.45) is 2.83. The smallest absolute Gasteiger partial charge is 0.357 e. The molecule has 1 N–H and O–H groups in total. The van der Waals surface area contributed by atoms with Gasteiger partial charge in [-0.05, 0) is 5.56 Å². The summed E-state index contributed by atoms with van der Waals surface area (Å²) < 4.78 is 29.6. The van der Waals surface area contributed by atoms with Gasteiger partial charge in [0.1, 0.15) is 11.5 Å². The van der Waals surface area contributed by atoms with E-state index in [9.17, 15) is 19.3 Å². The highest BCUT2D eigenvalue weighted by Crippen LogP contribution is 2.64. The van der Waals surface area contributed by atoms with Gasteiger partial charge in [-0.15, -0.1) is 0 Å². The molecule has 27 heavy (non-hydrogen) atoms. The summed E-state index contributed by atoms with van der Waals surface area (Å²) >= 11 is 0. The monoisotopic (exact) mass is 393 g/mol. The van der Waals surface area contributed by atoms with Crippen molar-refractivity contribution in [3.05, 3.63) is 48.0 Å². The predicted molar refractivity (Wildman–Crippen MR) is 93.9 cm³/mol. The van der Waals surface area contributed by atoms with Crippen LogP contribution in [-0.4, -0.2) is 54.4 Å². The fourth-order valence-corrected chi connectivity index (χ4v) is 6.07. The van der Waals surface area contributed by atoms with Crippen molar-refractivity contribution in [2.45, 2.75) is 17.5 Å². The van der Waals surface area contributed by atoms with Gasteiger partial charge in [-0.3, -0.25) is 14.2 Å². The Morgan fingerprint density at radius 3 is 2.59 bits per heavy atom. The lowest BCUT2D eigenvalue weighted by atomic mass is 9.77. The minimum atomic E-state index is -3.73. The molecule has 9 heteroatoms. The van der Waals surface area contributed by atoms with Crippen molar-refractivity contribution in [3.63, 3.8) is 0 Å². The lowest BCUT2D eigenvalue weighted by molar-refractivity contribution is -0.148. The van der Waals surface area contributed by atoms with E-state index in [0.717, 1.165) is 0 Å². The largest absolute Gasteiger partial charge is 0.481 e. The molecule has 5 atom stereocenters. The first kappa shape index (κ1) is 18.4. The SMILES string of the molecule is COP(=O)(OC)C(c1ccccc1)N1C[C@]23C=C[C@H](O2)[C@H](C(=O)O)[C@@H]3C1=O. The fourth-order valence-electron chi connectivity index (χ4n) is 4.45. The Labute approximate surface area is 156 Å². The van der Waals surface area contributed by atoms with Gasteiger partial charge < -0.3 is 23.8 Å². The maximum atomic E-state index is 13.3. The van der Waals surface area contributed by atoms with Crippen LogP contribution in [-0.2, 0) is 27.9 Å². The third-order valence-corrected chi connectivity index (χ3v) is 7.81. The first-order valence-electron chi connectivity index (χ1n) is 8.53. The fraction of sp³-hybridized carbons (Fsp3) is 0.444. The van der Waals surface area contributed by atoms with Gasteiger partial charge in [0.15, 0.2) is 5.78 Å². The van der Waals surface area contributed by atoms with Gasteiger partial charge in [-0.1, -0.05) is 42.5 Å². The second-order valence-electron chi connectivity index (χ2n) is 6.89. The number of hydrogen-bond donors (Lipinski definition) is 1. The minimum Gasteiger partial charge on any atom is -0.481 e. The van der Waals surface area contributed by atoms with Crippen molar-refractivity contribution in [1.82, 2.24) is 4.90 Å². The Balaban J connectivity index is 1.79. The van der Waals surface area contributed by atoms with E-state index >= 15 is 0 Å². The Morgan fingerprint density at radius 1 is 1.33 bits per heavy atom. The van der Waals surface area contributed by atoms with Crippen LogP contribution < -0.4 is 0 Å². The van der Waals surface area contributed by atoms with Crippen LogP contribution in [0.5, 0.6) is 0 Å². The van der Waals surface area contributed by atoms with Crippen LogP contribution in [0.4, 0.5) is 0 Å². The highest BCUT2D eigenvalue weighted by atomic mass is 31.2. The number of ether oxygens (including phenoxy) is 1. The summed E-state index contributed by atoms with van der Waals surface area (Å²) in [6, 6.07) is 8.80. The normalized spacial score (nSPS) is 32.7. The molecule has 4 rings (SSSR count). The second-order valence-corrected chi connectivity index (χ2v) is 9.19. The van der Waals surface area contributed by atoms with E-state index in [1.807, 2.05) is 0 Å². The number of hydrogen-bond acceptors (Lipinski definition) is 6. The summed E-state index contributed by atoms with van der Waals surface area (Å²) in [4.78, 5) is 26.4. The number of carboxylic acid groups (broad SMARTS) is 1. The number of aliphatic carboxylic acids is 1. The summed E-state index contributed by atoms with van der Waals surface area (Å²) in [5, 5.41) is 9.60. The van der Waals surface area contributed by atoms with Crippen LogP contribution in [0.25, 0.3) is 0 Å². The molecule has 3 heterocycles. The molecule has 2 bridgehead atoms. The summed E-state index contributed by atoms with van der Waals surface area (Å²) in [5.41, 5.74) is -0.441. The Bertz CT molecular complexity index is 849. The van der Waals surface area contributed by atoms with Gasteiger partial charge >= 0.3 is 13.6 Å². The first-order chi connectivity index (χ1) is 12.9. The molecule has 0 radical (unpaired) electrons. The van der Waals surface area contributed by atoms with E-state index in [2.05, 4.69) is 0 Å². The zero-order valence-corrected chi connectivity index (χ0v) is 15.7. The van der Waals surface area contributed by atoms with Gasteiger partial charge in [0, 0.05) is 14.2 Å². The van der Waals surface area contributed by atoms with Gasteiger partial charge in [-0.2, -0.15) is 0 Å². The number of carbonyl (C=O) groups is 2. The van der Waals surface area contributed by atoms with E-state index in [4.69, 9.17) is 13.8 Å². The van der Waals surface area contributed by atoms with Crippen molar-refractivity contribution in [2.75, 3.05) is 20.8 Å². The molecule has 8 nitrogen and oxygen atoms in total. The van der Waals surface area contributed by atoms with Gasteiger partial charge in [0.25, 0.3) is 0 Å². The molecule has 3 aliphatic rings. The van der Waals surface area contributed by atoms with Crippen molar-refractivity contribution in [2.24, 2.45) is 11.8 Å². The molecule has 0 saturated carbocycles. The van der Waals surface area contributed by atoms with Crippen molar-refractivity contribution in [3.8, 4) is 0 Å². The van der Waals surface area contributed by atoms with Crippen molar-refractivity contribution >= 4 is 19.5 Å². The average Bonchev–Trinajstić information content (AvgIpc) is 3.31. The third kappa shape index (κ3) is 2.51. The molecule has 0 aromatic heterocycles. The molecule has 0 aliphatic carbocycles.